The lowest BCUT2D eigenvalue weighted by atomic mass is 9.97. The Hall–Kier alpha value is -3.68. The summed E-state index contributed by atoms with van der Waals surface area (Å²) in [6, 6.07) is 10.9. The van der Waals surface area contributed by atoms with E-state index in [1.165, 1.54) is 23.6 Å². The number of anilines is 1. The molecule has 48 heavy (non-hydrogen) atoms. The van der Waals surface area contributed by atoms with Crippen molar-refractivity contribution in [2.24, 2.45) is 0 Å². The zero-order valence-corrected chi connectivity index (χ0v) is 28.7. The molecule has 7 rings (SSSR count). The molecule has 4 aliphatic rings. The van der Waals surface area contributed by atoms with Crippen LogP contribution in [0.15, 0.2) is 42.6 Å². The summed E-state index contributed by atoms with van der Waals surface area (Å²) in [5.74, 6) is -0.0372. The molecule has 13 heteroatoms. The van der Waals surface area contributed by atoms with Gasteiger partial charge in [-0.15, -0.1) is 0 Å². The van der Waals surface area contributed by atoms with Crippen molar-refractivity contribution in [1.82, 2.24) is 34.5 Å². The highest BCUT2D eigenvalue weighted by Gasteiger charge is 2.38. The second-order valence-electron chi connectivity index (χ2n) is 13.8. The van der Waals surface area contributed by atoms with Crippen molar-refractivity contribution < 1.29 is 18.0 Å². The summed E-state index contributed by atoms with van der Waals surface area (Å²) in [6.07, 6.45) is 9.79. The van der Waals surface area contributed by atoms with Crippen molar-refractivity contribution in [3.63, 3.8) is 0 Å². The number of carbonyl (C=O) groups is 2. The number of hydrogen-bond donors (Lipinski definition) is 3. The highest BCUT2D eigenvalue weighted by Crippen LogP contribution is 2.31. The number of fused-ring (bicyclic) bond motifs is 2. The van der Waals surface area contributed by atoms with Gasteiger partial charge in [-0.1, -0.05) is 37.6 Å². The largest absolute Gasteiger partial charge is 0.341 e. The van der Waals surface area contributed by atoms with Crippen LogP contribution in [0.25, 0.3) is 10.9 Å². The minimum absolute atomic E-state index is 0.0372. The molecule has 0 saturated carbocycles. The van der Waals surface area contributed by atoms with Gasteiger partial charge >= 0.3 is 16.2 Å². The first-order chi connectivity index (χ1) is 23.3. The molecule has 0 radical (unpaired) electrons. The van der Waals surface area contributed by atoms with E-state index in [4.69, 9.17) is 0 Å². The summed E-state index contributed by atoms with van der Waals surface area (Å²) in [4.78, 5) is 34.3. The lowest BCUT2D eigenvalue weighted by Gasteiger charge is -2.41. The van der Waals surface area contributed by atoms with Gasteiger partial charge in [0.05, 0.1) is 17.4 Å². The number of piperidine rings is 3. The third kappa shape index (κ3) is 6.90. The fraction of sp³-hybridized carbons (Fsp3) is 0.571. The molecule has 1 aromatic heterocycles. The normalized spacial score (nSPS) is 21.9. The van der Waals surface area contributed by atoms with Gasteiger partial charge in [-0.2, -0.15) is 17.8 Å². The minimum atomic E-state index is -3.68. The van der Waals surface area contributed by atoms with Gasteiger partial charge < -0.3 is 20.0 Å². The number of H-pyrrole nitrogens is 1. The number of likely N-dealkylation sites (tertiary alicyclic amines) is 3. The zero-order valence-electron chi connectivity index (χ0n) is 27.9. The first-order valence-corrected chi connectivity index (χ1v) is 19.1. The molecule has 258 valence electrons. The number of rotatable bonds is 7. The Kier molecular flexibility index (Phi) is 9.61. The molecule has 3 saturated heterocycles. The zero-order chi connectivity index (χ0) is 33.3. The van der Waals surface area contributed by atoms with Crippen LogP contribution < -0.4 is 10.0 Å². The second kappa shape index (κ2) is 14.0. The Labute approximate surface area is 283 Å². The average Bonchev–Trinajstić information content (AvgIpc) is 3.59. The van der Waals surface area contributed by atoms with Gasteiger partial charge in [-0.25, -0.2) is 4.79 Å². The van der Waals surface area contributed by atoms with Crippen molar-refractivity contribution in [3.05, 3.63) is 59.3 Å². The Bertz CT molecular complexity index is 1720. The lowest BCUT2D eigenvalue weighted by molar-refractivity contribution is -0.134. The lowest BCUT2D eigenvalue weighted by Crippen LogP contribution is -2.57. The van der Waals surface area contributed by atoms with Crippen molar-refractivity contribution in [2.75, 3.05) is 44.0 Å². The minimum Gasteiger partial charge on any atom is -0.341 e. The number of nitrogens with one attached hydrogen (secondary N) is 3. The van der Waals surface area contributed by atoms with Gasteiger partial charge in [0.1, 0.15) is 6.04 Å². The molecule has 1 unspecified atom stereocenters. The second-order valence-corrected chi connectivity index (χ2v) is 15.5. The Morgan fingerprint density at radius 3 is 2.40 bits per heavy atom. The van der Waals surface area contributed by atoms with Gasteiger partial charge in [0.25, 0.3) is 0 Å². The molecule has 3 amide bonds. The maximum Gasteiger partial charge on any atom is 0.318 e. The van der Waals surface area contributed by atoms with Crippen LogP contribution in [-0.4, -0.2) is 107 Å². The molecule has 0 spiro atoms. The van der Waals surface area contributed by atoms with Crippen molar-refractivity contribution in [2.45, 2.75) is 89.4 Å². The predicted octanol–water partition coefficient (Wildman–Crippen LogP) is 3.86. The Morgan fingerprint density at radius 2 is 1.65 bits per heavy atom. The SMILES string of the molecule is CCc1cc(CC(NC(=O)N2CCC(N3Cc4ccccc4NS3(=O)=O)CC2)C(=O)N2CCC(N3CCCCC3)CC2)cc2cn[nH]c12. The number of aromatic amines is 1. The topological polar surface area (TPSA) is 134 Å². The number of nitrogens with zero attached hydrogens (tertiary/aromatic N) is 5. The number of aromatic nitrogens is 2. The third-order valence-electron chi connectivity index (χ3n) is 10.8. The van der Waals surface area contributed by atoms with E-state index in [0.29, 0.717) is 63.7 Å². The van der Waals surface area contributed by atoms with E-state index in [-0.39, 0.29) is 18.0 Å². The molecule has 1 atom stereocenters. The number of benzene rings is 2. The smallest absolute Gasteiger partial charge is 0.318 e. The summed E-state index contributed by atoms with van der Waals surface area (Å²) in [7, 11) is -3.68. The van der Waals surface area contributed by atoms with Gasteiger partial charge in [0.2, 0.25) is 5.91 Å². The number of carbonyl (C=O) groups excluding carboxylic acids is 2. The van der Waals surface area contributed by atoms with E-state index in [2.05, 4.69) is 44.2 Å². The average molecular weight is 677 g/mol. The third-order valence-corrected chi connectivity index (χ3v) is 12.4. The summed E-state index contributed by atoms with van der Waals surface area (Å²) >= 11 is 0. The van der Waals surface area contributed by atoms with Crippen LogP contribution in [0.1, 0.15) is 68.6 Å². The van der Waals surface area contributed by atoms with Crippen molar-refractivity contribution >= 4 is 38.7 Å². The molecule has 4 aliphatic heterocycles. The fourth-order valence-corrected chi connectivity index (χ4v) is 9.62. The van der Waals surface area contributed by atoms with Crippen LogP contribution in [0.3, 0.4) is 0 Å². The summed E-state index contributed by atoms with van der Waals surface area (Å²) < 4.78 is 30.4. The van der Waals surface area contributed by atoms with Gasteiger partial charge in [0, 0.05) is 56.6 Å². The van der Waals surface area contributed by atoms with Crippen LogP contribution in [-0.2, 0) is 34.4 Å². The number of urea groups is 1. The van der Waals surface area contributed by atoms with Gasteiger partial charge in [0.15, 0.2) is 0 Å². The van der Waals surface area contributed by atoms with Crippen LogP contribution in [0.4, 0.5) is 10.5 Å². The maximum absolute atomic E-state index is 14.2. The van der Waals surface area contributed by atoms with Crippen molar-refractivity contribution in [1.29, 1.82) is 0 Å². The van der Waals surface area contributed by atoms with E-state index in [1.807, 2.05) is 23.1 Å². The number of hydrogen-bond acceptors (Lipinski definition) is 6. The fourth-order valence-electron chi connectivity index (χ4n) is 8.12. The van der Waals surface area contributed by atoms with Crippen molar-refractivity contribution in [3.8, 4) is 0 Å². The number of amides is 3. The highest BCUT2D eigenvalue weighted by molar-refractivity contribution is 7.90. The van der Waals surface area contributed by atoms with E-state index < -0.39 is 16.3 Å². The molecule has 5 heterocycles. The van der Waals surface area contributed by atoms with Gasteiger partial charge in [-0.3, -0.25) is 14.6 Å². The molecule has 0 aliphatic carbocycles. The van der Waals surface area contributed by atoms with E-state index in [0.717, 1.165) is 59.9 Å². The molecule has 12 nitrogen and oxygen atoms in total. The molecule has 3 fully saturated rings. The summed E-state index contributed by atoms with van der Waals surface area (Å²) in [6.45, 7) is 6.93. The first kappa shape index (κ1) is 32.8. The molecule has 2 aromatic carbocycles. The maximum atomic E-state index is 14.2. The summed E-state index contributed by atoms with van der Waals surface area (Å²) in [5.41, 5.74) is 4.69. The van der Waals surface area contributed by atoms with Crippen LogP contribution in [0, 0.1) is 0 Å². The van der Waals surface area contributed by atoms with Crippen LogP contribution >= 0.6 is 0 Å². The highest BCUT2D eigenvalue weighted by atomic mass is 32.2. The van der Waals surface area contributed by atoms with E-state index in [1.54, 1.807) is 17.2 Å². The standard InChI is InChI=1S/C35H48N8O4S/c1-2-26-20-25(21-28-23-36-38-33(26)28)22-32(34(44)41-16-10-29(11-17-41)40-14-6-3-7-15-40)37-35(45)42-18-12-30(13-19-42)43-24-27-8-4-5-9-31(27)39-48(43,46)47/h4-5,8-9,20-21,23,29-30,32,39H,2-3,6-7,10-19,22,24H2,1H3,(H,36,38)(H,37,45). The quantitative estimate of drug-likeness (QED) is 0.348. The summed E-state index contributed by atoms with van der Waals surface area (Å²) in [5, 5.41) is 11.4. The predicted molar refractivity (Wildman–Crippen MR) is 186 cm³/mol. The molecule has 3 N–H and O–H groups in total. The molecule has 3 aromatic rings. The molecular weight excluding hydrogens is 629 g/mol. The molecular formula is C35H48N8O4S. The monoisotopic (exact) mass is 676 g/mol. The Balaban J connectivity index is 1.03. The van der Waals surface area contributed by atoms with E-state index in [9.17, 15) is 18.0 Å². The number of para-hydroxylation sites is 1. The van der Waals surface area contributed by atoms with Crippen LogP contribution in [0.5, 0.6) is 0 Å². The molecule has 0 bridgehead atoms. The first-order valence-electron chi connectivity index (χ1n) is 17.7. The van der Waals surface area contributed by atoms with E-state index >= 15 is 0 Å². The Morgan fingerprint density at radius 1 is 0.938 bits per heavy atom. The number of aryl methyl sites for hydroxylation is 1. The van der Waals surface area contributed by atoms with Gasteiger partial charge in [-0.05, 0) is 86.9 Å². The van der Waals surface area contributed by atoms with Crippen LogP contribution in [0.2, 0.25) is 0 Å².